The maximum atomic E-state index is 9.62. The molecule has 0 bridgehead atoms. The minimum atomic E-state index is -0.569. The fourth-order valence-corrected chi connectivity index (χ4v) is 0. The SMILES string of the molecule is CC(C)(S)[C]=O. The van der Waals surface area contributed by atoms with Crippen molar-refractivity contribution in [3.63, 3.8) is 0 Å². The Balaban J connectivity index is 3.45. The van der Waals surface area contributed by atoms with E-state index in [0.717, 1.165) is 0 Å². The largest absolute Gasteiger partial charge is 0.289 e. The van der Waals surface area contributed by atoms with Gasteiger partial charge in [0, 0.05) is 0 Å². The highest BCUT2D eigenvalue weighted by molar-refractivity contribution is 7.82. The van der Waals surface area contributed by atoms with Crippen LogP contribution in [0.25, 0.3) is 0 Å². The standard InChI is InChI=1S/C4H7OS/c1-4(2,6)3-5/h6H,1-2H3. The van der Waals surface area contributed by atoms with Crippen molar-refractivity contribution < 1.29 is 4.79 Å². The Labute approximate surface area is 43.2 Å². The first-order chi connectivity index (χ1) is 2.56. The Morgan fingerprint density at radius 2 is 1.83 bits per heavy atom. The molecule has 0 spiro atoms. The minimum Gasteiger partial charge on any atom is -0.289 e. The number of hydrogen-bond donors (Lipinski definition) is 1. The van der Waals surface area contributed by atoms with Crippen molar-refractivity contribution in [1.29, 1.82) is 0 Å². The molecule has 0 saturated heterocycles. The van der Waals surface area contributed by atoms with Crippen LogP contribution < -0.4 is 0 Å². The molecule has 0 amide bonds. The lowest BCUT2D eigenvalue weighted by atomic mass is 10.2. The molecule has 0 atom stereocenters. The average molecular weight is 103 g/mol. The van der Waals surface area contributed by atoms with Crippen LogP contribution in [0.1, 0.15) is 13.8 Å². The van der Waals surface area contributed by atoms with Crippen LogP contribution in [-0.4, -0.2) is 11.0 Å². The van der Waals surface area contributed by atoms with Gasteiger partial charge in [-0.05, 0) is 13.8 Å². The van der Waals surface area contributed by atoms with Crippen LogP contribution in [0, 0.1) is 0 Å². The normalized spacial score (nSPS) is 11.2. The van der Waals surface area contributed by atoms with Gasteiger partial charge in [0.1, 0.15) is 0 Å². The summed E-state index contributed by atoms with van der Waals surface area (Å²) in [5.74, 6) is 0. The zero-order chi connectivity index (χ0) is 5.21. The van der Waals surface area contributed by atoms with Crippen LogP contribution in [0.3, 0.4) is 0 Å². The van der Waals surface area contributed by atoms with E-state index in [1.807, 2.05) is 0 Å². The van der Waals surface area contributed by atoms with Gasteiger partial charge in [-0.2, -0.15) is 12.6 Å². The smallest absolute Gasteiger partial charge is 0.214 e. The van der Waals surface area contributed by atoms with Crippen molar-refractivity contribution in [2.45, 2.75) is 18.6 Å². The first-order valence-electron chi connectivity index (χ1n) is 1.68. The molecule has 0 fully saturated rings. The first-order valence-corrected chi connectivity index (χ1v) is 2.12. The lowest BCUT2D eigenvalue weighted by Crippen LogP contribution is -2.10. The Morgan fingerprint density at radius 1 is 1.67 bits per heavy atom. The van der Waals surface area contributed by atoms with E-state index in [1.54, 1.807) is 20.1 Å². The molecule has 0 aromatic heterocycles. The number of hydrogen-bond acceptors (Lipinski definition) is 2. The second-order valence-corrected chi connectivity index (χ2v) is 2.78. The molecule has 0 aromatic rings. The molecule has 0 aromatic carbocycles. The Bertz CT molecular complexity index is 53.1. The van der Waals surface area contributed by atoms with Crippen molar-refractivity contribution in [2.24, 2.45) is 0 Å². The van der Waals surface area contributed by atoms with E-state index in [2.05, 4.69) is 12.6 Å². The van der Waals surface area contributed by atoms with E-state index in [-0.39, 0.29) is 0 Å². The molecule has 0 rings (SSSR count). The molecule has 0 heterocycles. The van der Waals surface area contributed by atoms with E-state index in [0.29, 0.717) is 0 Å². The third-order valence-electron chi connectivity index (χ3n) is 0.250. The van der Waals surface area contributed by atoms with Crippen LogP contribution >= 0.6 is 12.6 Å². The van der Waals surface area contributed by atoms with E-state index in [4.69, 9.17) is 0 Å². The lowest BCUT2D eigenvalue weighted by molar-refractivity contribution is 0.543. The van der Waals surface area contributed by atoms with E-state index in [9.17, 15) is 4.79 Å². The Morgan fingerprint density at radius 3 is 1.83 bits per heavy atom. The summed E-state index contributed by atoms with van der Waals surface area (Å²) in [5, 5.41) is 0. The fraction of sp³-hybridized carbons (Fsp3) is 0.750. The fourth-order valence-electron chi connectivity index (χ4n) is 0. The highest BCUT2D eigenvalue weighted by Gasteiger charge is 2.07. The van der Waals surface area contributed by atoms with Crippen molar-refractivity contribution >= 4 is 18.9 Å². The summed E-state index contributed by atoms with van der Waals surface area (Å²) < 4.78 is -0.569. The van der Waals surface area contributed by atoms with Gasteiger partial charge in [-0.15, -0.1) is 0 Å². The van der Waals surface area contributed by atoms with Crippen molar-refractivity contribution in [3.8, 4) is 0 Å². The van der Waals surface area contributed by atoms with E-state index in [1.165, 1.54) is 0 Å². The minimum absolute atomic E-state index is 0.569. The third kappa shape index (κ3) is 4.02. The zero-order valence-electron chi connectivity index (χ0n) is 3.86. The Kier molecular flexibility index (Phi) is 1.65. The van der Waals surface area contributed by atoms with Crippen LogP contribution in [0.2, 0.25) is 0 Å². The molecular weight excluding hydrogens is 96.1 g/mol. The molecule has 2 heteroatoms. The van der Waals surface area contributed by atoms with Crippen LogP contribution in [-0.2, 0) is 4.79 Å². The van der Waals surface area contributed by atoms with Gasteiger partial charge in [0.25, 0.3) is 0 Å². The first kappa shape index (κ1) is 6.02. The van der Waals surface area contributed by atoms with E-state index >= 15 is 0 Å². The summed E-state index contributed by atoms with van der Waals surface area (Å²) in [7, 11) is 0. The molecule has 0 aliphatic rings. The summed E-state index contributed by atoms with van der Waals surface area (Å²) in [6.45, 7) is 3.37. The molecule has 0 N–H and O–H groups in total. The van der Waals surface area contributed by atoms with Crippen LogP contribution in [0.5, 0.6) is 0 Å². The third-order valence-corrected chi connectivity index (χ3v) is 0.341. The predicted molar refractivity (Wildman–Crippen MR) is 28.8 cm³/mol. The van der Waals surface area contributed by atoms with Crippen molar-refractivity contribution in [3.05, 3.63) is 0 Å². The summed E-state index contributed by atoms with van der Waals surface area (Å²) in [6, 6.07) is 0. The molecule has 0 saturated carbocycles. The van der Waals surface area contributed by atoms with Gasteiger partial charge in [0.15, 0.2) is 0 Å². The van der Waals surface area contributed by atoms with Gasteiger partial charge in [0.2, 0.25) is 6.29 Å². The number of thiol groups is 1. The average Bonchev–Trinajstić information content (AvgIpc) is 1.35. The maximum Gasteiger partial charge on any atom is 0.214 e. The quantitative estimate of drug-likeness (QED) is 0.486. The van der Waals surface area contributed by atoms with Gasteiger partial charge >= 0.3 is 0 Å². The van der Waals surface area contributed by atoms with Gasteiger partial charge in [-0.1, -0.05) is 0 Å². The molecule has 0 unspecified atom stereocenters. The van der Waals surface area contributed by atoms with Gasteiger partial charge in [0.05, 0.1) is 4.75 Å². The molecule has 1 radical (unpaired) electrons. The zero-order valence-corrected chi connectivity index (χ0v) is 4.75. The summed E-state index contributed by atoms with van der Waals surface area (Å²) >= 11 is 3.83. The molecule has 1 nitrogen and oxygen atoms in total. The monoisotopic (exact) mass is 103 g/mol. The van der Waals surface area contributed by atoms with Crippen LogP contribution in [0.4, 0.5) is 0 Å². The maximum absolute atomic E-state index is 9.62. The highest BCUT2D eigenvalue weighted by atomic mass is 32.1. The van der Waals surface area contributed by atoms with Gasteiger partial charge in [-0.3, -0.25) is 4.79 Å². The van der Waals surface area contributed by atoms with Gasteiger partial charge in [-0.25, -0.2) is 0 Å². The predicted octanol–water partition coefficient (Wildman–Crippen LogP) is 0.804. The summed E-state index contributed by atoms with van der Waals surface area (Å²) in [5.41, 5.74) is 0. The molecule has 6 heavy (non-hydrogen) atoms. The second-order valence-electron chi connectivity index (χ2n) is 1.66. The summed E-state index contributed by atoms with van der Waals surface area (Å²) in [4.78, 5) is 9.62. The van der Waals surface area contributed by atoms with E-state index < -0.39 is 4.75 Å². The number of carbonyl (C=O) groups excluding carboxylic acids is 1. The Hall–Kier alpha value is 0.0200. The topological polar surface area (TPSA) is 17.1 Å². The second kappa shape index (κ2) is 1.65. The molecule has 0 aliphatic heterocycles. The van der Waals surface area contributed by atoms with Crippen LogP contribution in [0.15, 0.2) is 0 Å². The highest BCUT2D eigenvalue weighted by Crippen LogP contribution is 2.05. The molecule has 0 aliphatic carbocycles. The molecule has 35 valence electrons. The van der Waals surface area contributed by atoms with Gasteiger partial charge < -0.3 is 0 Å². The lowest BCUT2D eigenvalue weighted by Gasteiger charge is -2.01. The summed E-state index contributed by atoms with van der Waals surface area (Å²) in [6.07, 6.45) is 1.72. The van der Waals surface area contributed by atoms with Crippen molar-refractivity contribution in [2.75, 3.05) is 0 Å². The number of rotatable bonds is 1. The molecular formula is C4H7OS. The van der Waals surface area contributed by atoms with Crippen molar-refractivity contribution in [1.82, 2.24) is 0 Å².